The third-order valence-corrected chi connectivity index (χ3v) is 10.7. The molecule has 0 heterocycles. The topological polar surface area (TPSA) is 55.8 Å². The standard InChI is InChI=1S/C55H96O4/c1-3-5-7-9-11-13-15-17-19-21-23-25-27-28-29-30-32-34-36-38-40-42-44-46-48-50-55(57)59-54(52-56)53-58-51-49-47-45-43-41-39-37-35-33-31-26-24-22-20-18-16-14-12-10-8-6-4-2/h5,7,11,13,16-19,22-25,28-29,54,56H,3-4,6,8-10,12,14-15,20-21,26-27,30-53H2,1-2H3/b7-5-,13-11-,18-16-,19-17-,24-22-,25-23-,29-28-. The number of carbonyl (C=O) groups excluding carboxylic acids is 1. The lowest BCUT2D eigenvalue weighted by atomic mass is 10.1. The Bertz CT molecular complexity index is 1050. The van der Waals surface area contributed by atoms with Crippen molar-refractivity contribution in [1.29, 1.82) is 0 Å². The molecule has 0 radical (unpaired) electrons. The Morgan fingerprint density at radius 2 is 0.763 bits per heavy atom. The van der Waals surface area contributed by atoms with Gasteiger partial charge in [-0.15, -0.1) is 0 Å². The molecule has 0 rings (SSSR count). The van der Waals surface area contributed by atoms with Gasteiger partial charge in [-0.2, -0.15) is 0 Å². The highest BCUT2D eigenvalue weighted by atomic mass is 16.6. The molecule has 0 aromatic carbocycles. The second-order valence-corrected chi connectivity index (χ2v) is 16.5. The van der Waals surface area contributed by atoms with Gasteiger partial charge in [0.15, 0.2) is 0 Å². The highest BCUT2D eigenvalue weighted by molar-refractivity contribution is 5.69. The van der Waals surface area contributed by atoms with Crippen molar-refractivity contribution >= 4 is 5.97 Å². The first-order valence-corrected chi connectivity index (χ1v) is 25.2. The van der Waals surface area contributed by atoms with Crippen LogP contribution < -0.4 is 0 Å². The van der Waals surface area contributed by atoms with E-state index in [0.29, 0.717) is 13.0 Å². The van der Waals surface area contributed by atoms with Crippen LogP contribution in [0.1, 0.15) is 232 Å². The second kappa shape index (κ2) is 51.7. The first kappa shape index (κ1) is 56.6. The maximum absolute atomic E-state index is 12.3. The molecule has 0 aliphatic rings. The Labute approximate surface area is 367 Å². The van der Waals surface area contributed by atoms with Crippen LogP contribution in [0.4, 0.5) is 0 Å². The van der Waals surface area contributed by atoms with Gasteiger partial charge in [-0.3, -0.25) is 4.79 Å². The van der Waals surface area contributed by atoms with Crippen molar-refractivity contribution in [2.24, 2.45) is 0 Å². The molecule has 1 N–H and O–H groups in total. The van der Waals surface area contributed by atoms with Crippen molar-refractivity contribution < 1.29 is 19.4 Å². The summed E-state index contributed by atoms with van der Waals surface area (Å²) in [6, 6.07) is 0. The van der Waals surface area contributed by atoms with Gasteiger partial charge >= 0.3 is 5.97 Å². The smallest absolute Gasteiger partial charge is 0.306 e. The summed E-state index contributed by atoms with van der Waals surface area (Å²) in [7, 11) is 0. The van der Waals surface area contributed by atoms with Gasteiger partial charge in [-0.1, -0.05) is 221 Å². The van der Waals surface area contributed by atoms with E-state index in [1.165, 1.54) is 154 Å². The highest BCUT2D eigenvalue weighted by Crippen LogP contribution is 2.14. The second-order valence-electron chi connectivity index (χ2n) is 16.5. The molecule has 0 bridgehead atoms. The lowest BCUT2D eigenvalue weighted by Crippen LogP contribution is -2.27. The average molecular weight is 821 g/mol. The van der Waals surface area contributed by atoms with Gasteiger partial charge in [0, 0.05) is 13.0 Å². The van der Waals surface area contributed by atoms with Crippen LogP contribution in [0.2, 0.25) is 0 Å². The minimum atomic E-state index is -0.545. The minimum absolute atomic E-state index is 0.179. The first-order valence-electron chi connectivity index (χ1n) is 25.2. The molecule has 4 nitrogen and oxygen atoms in total. The molecular weight excluding hydrogens is 725 g/mol. The molecule has 0 aliphatic carbocycles. The largest absolute Gasteiger partial charge is 0.457 e. The molecule has 0 aliphatic heterocycles. The molecule has 0 aromatic heterocycles. The molecule has 59 heavy (non-hydrogen) atoms. The van der Waals surface area contributed by atoms with Crippen LogP contribution in [0.3, 0.4) is 0 Å². The highest BCUT2D eigenvalue weighted by Gasteiger charge is 2.13. The number of ether oxygens (including phenoxy) is 2. The van der Waals surface area contributed by atoms with Crippen molar-refractivity contribution in [2.45, 2.75) is 238 Å². The fraction of sp³-hybridized carbons (Fsp3) is 0.727. The van der Waals surface area contributed by atoms with Gasteiger partial charge in [0.2, 0.25) is 0 Å². The Balaban J connectivity index is 3.46. The number of aliphatic hydroxyl groups is 1. The van der Waals surface area contributed by atoms with Gasteiger partial charge in [-0.05, 0) is 89.9 Å². The number of unbranched alkanes of at least 4 members (excludes halogenated alkanes) is 24. The van der Waals surface area contributed by atoms with Crippen LogP contribution in [-0.4, -0.2) is 37.0 Å². The van der Waals surface area contributed by atoms with E-state index < -0.39 is 6.10 Å². The van der Waals surface area contributed by atoms with Crippen molar-refractivity contribution in [3.63, 3.8) is 0 Å². The zero-order chi connectivity index (χ0) is 42.6. The van der Waals surface area contributed by atoms with Gasteiger partial charge in [0.05, 0.1) is 13.2 Å². The Morgan fingerprint density at radius 1 is 0.424 bits per heavy atom. The van der Waals surface area contributed by atoms with E-state index in [-0.39, 0.29) is 19.2 Å². The van der Waals surface area contributed by atoms with E-state index >= 15 is 0 Å². The molecular formula is C55H96O4. The third kappa shape index (κ3) is 49.8. The zero-order valence-electron chi connectivity index (χ0n) is 39.0. The summed E-state index contributed by atoms with van der Waals surface area (Å²) >= 11 is 0. The average Bonchev–Trinajstić information content (AvgIpc) is 3.24. The number of hydrogen-bond acceptors (Lipinski definition) is 4. The molecule has 0 amide bonds. The Hall–Kier alpha value is -2.43. The number of carbonyl (C=O) groups is 1. The van der Waals surface area contributed by atoms with Gasteiger partial charge in [0.1, 0.15) is 6.10 Å². The fourth-order valence-electron chi connectivity index (χ4n) is 6.97. The lowest BCUT2D eigenvalue weighted by molar-refractivity contribution is -0.154. The number of rotatable bonds is 46. The van der Waals surface area contributed by atoms with Gasteiger partial charge < -0.3 is 14.6 Å². The van der Waals surface area contributed by atoms with E-state index in [9.17, 15) is 9.90 Å². The molecule has 4 heteroatoms. The maximum atomic E-state index is 12.3. The summed E-state index contributed by atoms with van der Waals surface area (Å²) in [4.78, 5) is 12.3. The van der Waals surface area contributed by atoms with Crippen LogP contribution in [0, 0.1) is 0 Å². The minimum Gasteiger partial charge on any atom is -0.457 e. The molecule has 1 unspecified atom stereocenters. The normalized spacial score (nSPS) is 13.1. The molecule has 0 saturated heterocycles. The molecule has 340 valence electrons. The van der Waals surface area contributed by atoms with Crippen LogP contribution in [-0.2, 0) is 14.3 Å². The summed E-state index contributed by atoms with van der Waals surface area (Å²) in [5.41, 5.74) is 0. The van der Waals surface area contributed by atoms with E-state index in [4.69, 9.17) is 9.47 Å². The fourth-order valence-corrected chi connectivity index (χ4v) is 6.97. The van der Waals surface area contributed by atoms with Gasteiger partial charge in [0.25, 0.3) is 0 Å². The van der Waals surface area contributed by atoms with Gasteiger partial charge in [-0.25, -0.2) is 0 Å². The quantitative estimate of drug-likeness (QED) is 0.0378. The number of hydrogen-bond donors (Lipinski definition) is 1. The first-order chi connectivity index (χ1) is 29.2. The molecule has 0 saturated carbocycles. The summed E-state index contributed by atoms with van der Waals surface area (Å²) in [6.07, 6.45) is 72.4. The predicted molar refractivity (Wildman–Crippen MR) is 260 cm³/mol. The van der Waals surface area contributed by atoms with E-state index in [1.807, 2.05) is 0 Å². The lowest BCUT2D eigenvalue weighted by Gasteiger charge is -2.16. The predicted octanol–water partition coefficient (Wildman–Crippen LogP) is 17.1. The summed E-state index contributed by atoms with van der Waals surface area (Å²) < 4.78 is 11.2. The number of allylic oxidation sites excluding steroid dienone is 14. The van der Waals surface area contributed by atoms with Crippen LogP contribution in [0.15, 0.2) is 85.1 Å². The van der Waals surface area contributed by atoms with Crippen LogP contribution in [0.25, 0.3) is 0 Å². The summed E-state index contributed by atoms with van der Waals surface area (Å²) in [6.45, 7) is 5.22. The van der Waals surface area contributed by atoms with Crippen molar-refractivity contribution in [1.82, 2.24) is 0 Å². The SMILES string of the molecule is CC/C=C\C/C=C\C/C=C\C/C=C\C/C=C\CCCCCCCCCCCC(=O)OC(CO)COCCCCCCCCCCCC/C=C\C/C=C\CCCCCCC. The Kier molecular flexibility index (Phi) is 49.6. The monoisotopic (exact) mass is 821 g/mol. The van der Waals surface area contributed by atoms with Crippen LogP contribution >= 0.6 is 0 Å². The molecule has 1 atom stereocenters. The molecule has 0 aromatic rings. The summed E-state index contributed by atoms with van der Waals surface area (Å²) in [5, 5.41) is 9.65. The molecule has 0 fully saturated rings. The van der Waals surface area contributed by atoms with Crippen molar-refractivity contribution in [3.05, 3.63) is 85.1 Å². The number of aliphatic hydroxyl groups excluding tert-OH is 1. The van der Waals surface area contributed by atoms with Crippen molar-refractivity contribution in [3.8, 4) is 0 Å². The van der Waals surface area contributed by atoms with E-state index in [0.717, 1.165) is 57.8 Å². The van der Waals surface area contributed by atoms with E-state index in [2.05, 4.69) is 98.9 Å². The summed E-state index contributed by atoms with van der Waals surface area (Å²) in [5.74, 6) is -0.209. The zero-order valence-corrected chi connectivity index (χ0v) is 39.0. The van der Waals surface area contributed by atoms with Crippen LogP contribution in [0.5, 0.6) is 0 Å². The third-order valence-electron chi connectivity index (χ3n) is 10.7. The van der Waals surface area contributed by atoms with E-state index in [1.54, 1.807) is 0 Å². The Morgan fingerprint density at radius 3 is 1.15 bits per heavy atom. The maximum Gasteiger partial charge on any atom is 0.306 e. The number of esters is 1. The molecule has 0 spiro atoms. The van der Waals surface area contributed by atoms with Crippen molar-refractivity contribution in [2.75, 3.05) is 19.8 Å².